The average Bonchev–Trinajstić information content (AvgIpc) is 3.10. The third-order valence-corrected chi connectivity index (χ3v) is 7.30. The maximum Gasteiger partial charge on any atom is 0.305 e. The van der Waals surface area contributed by atoms with E-state index in [4.69, 9.17) is 9.47 Å². The summed E-state index contributed by atoms with van der Waals surface area (Å²) >= 11 is 0. The largest absolute Gasteiger partial charge is 0.497 e. The van der Waals surface area contributed by atoms with Crippen molar-refractivity contribution in [2.45, 2.75) is 52.0 Å². The van der Waals surface area contributed by atoms with Gasteiger partial charge in [-0.3, -0.25) is 9.69 Å². The molecular formula is C24H30N2O3. The van der Waals surface area contributed by atoms with Crippen molar-refractivity contribution in [1.82, 2.24) is 9.47 Å². The van der Waals surface area contributed by atoms with Crippen LogP contribution in [0.2, 0.25) is 0 Å². The standard InChI is InChI=1S/C24H30N2O3/c1-4-21(27)29-15-16-14-24(5-2)10-6-11-25-12-9-19-18-8-7-17(28-3)13-20(18)26(16)22(19)23(24)25/h7-8,13-14,23H,4-6,9-12,15H2,1-3H3/t23-,24+/m1/s1. The lowest BCUT2D eigenvalue weighted by molar-refractivity contribution is -0.141. The van der Waals surface area contributed by atoms with Crippen LogP contribution in [0.25, 0.3) is 16.6 Å². The first-order chi connectivity index (χ1) is 14.1. The summed E-state index contributed by atoms with van der Waals surface area (Å²) in [6.07, 6.45) is 7.44. The first kappa shape index (κ1) is 18.7. The first-order valence-electron chi connectivity index (χ1n) is 10.9. The lowest BCUT2D eigenvalue weighted by atomic mass is 9.66. The van der Waals surface area contributed by atoms with Gasteiger partial charge in [-0.2, -0.15) is 0 Å². The fourth-order valence-electron chi connectivity index (χ4n) is 5.91. The highest BCUT2D eigenvalue weighted by Gasteiger charge is 2.50. The lowest BCUT2D eigenvalue weighted by Gasteiger charge is -2.53. The molecule has 1 aromatic carbocycles. The van der Waals surface area contributed by atoms with Crippen molar-refractivity contribution in [1.29, 1.82) is 0 Å². The molecule has 2 atom stereocenters. The number of rotatable bonds is 5. The van der Waals surface area contributed by atoms with Crippen LogP contribution >= 0.6 is 0 Å². The van der Waals surface area contributed by atoms with Gasteiger partial charge in [0.05, 0.1) is 24.4 Å². The Balaban J connectivity index is 1.75. The molecule has 5 heteroatoms. The number of hydrogen-bond donors (Lipinski definition) is 0. The number of nitrogens with zero attached hydrogens (tertiary/aromatic N) is 2. The van der Waals surface area contributed by atoms with Gasteiger partial charge >= 0.3 is 5.97 Å². The molecule has 5 nitrogen and oxygen atoms in total. The summed E-state index contributed by atoms with van der Waals surface area (Å²) in [4.78, 5) is 14.6. The van der Waals surface area contributed by atoms with Gasteiger partial charge in [0.25, 0.3) is 0 Å². The molecule has 5 rings (SSSR count). The second-order valence-corrected chi connectivity index (χ2v) is 8.61. The number of benzene rings is 1. The van der Waals surface area contributed by atoms with Gasteiger partial charge in [0.1, 0.15) is 12.4 Å². The van der Waals surface area contributed by atoms with E-state index in [0.717, 1.165) is 30.8 Å². The number of aromatic nitrogens is 1. The second kappa shape index (κ2) is 6.91. The van der Waals surface area contributed by atoms with Gasteiger partial charge in [0.15, 0.2) is 0 Å². The lowest BCUT2D eigenvalue weighted by Crippen LogP contribution is -2.50. The minimum absolute atomic E-state index is 0.121. The molecule has 0 amide bonds. The van der Waals surface area contributed by atoms with Crippen molar-refractivity contribution in [2.75, 3.05) is 26.8 Å². The van der Waals surface area contributed by atoms with Crippen molar-refractivity contribution in [3.63, 3.8) is 0 Å². The number of piperidine rings is 1. The van der Waals surface area contributed by atoms with Crippen LogP contribution in [0.15, 0.2) is 24.3 Å². The topological polar surface area (TPSA) is 43.7 Å². The van der Waals surface area contributed by atoms with Gasteiger partial charge in [-0.05, 0) is 49.9 Å². The summed E-state index contributed by atoms with van der Waals surface area (Å²) in [6, 6.07) is 6.81. The van der Waals surface area contributed by atoms with Gasteiger partial charge in [-0.1, -0.05) is 19.9 Å². The number of fused-ring (bicyclic) bond motifs is 3. The Morgan fingerprint density at radius 3 is 2.90 bits per heavy atom. The van der Waals surface area contributed by atoms with Crippen LogP contribution in [-0.4, -0.2) is 42.2 Å². The SMILES string of the molecule is CCC(=O)OCC1=C[C@]2(CC)CCCN3CCc4c(n1c1cc(OC)ccc41)[C@@H]32. The summed E-state index contributed by atoms with van der Waals surface area (Å²) in [5, 5.41) is 1.31. The van der Waals surface area contributed by atoms with E-state index in [0.29, 0.717) is 19.1 Å². The molecule has 3 aliphatic heterocycles. The van der Waals surface area contributed by atoms with Gasteiger partial charge in [-0.15, -0.1) is 0 Å². The van der Waals surface area contributed by atoms with Crippen LogP contribution in [-0.2, 0) is 16.0 Å². The molecule has 29 heavy (non-hydrogen) atoms. The normalized spacial score (nSPS) is 25.5. The summed E-state index contributed by atoms with van der Waals surface area (Å²) < 4.78 is 13.6. The fourth-order valence-corrected chi connectivity index (χ4v) is 5.91. The van der Waals surface area contributed by atoms with Gasteiger partial charge in [0, 0.05) is 35.5 Å². The molecule has 0 radical (unpaired) electrons. The molecule has 0 spiro atoms. The molecule has 2 aromatic rings. The molecule has 0 bridgehead atoms. The van der Waals surface area contributed by atoms with E-state index in [1.165, 1.54) is 41.5 Å². The second-order valence-electron chi connectivity index (χ2n) is 8.61. The van der Waals surface area contributed by atoms with E-state index >= 15 is 0 Å². The van der Waals surface area contributed by atoms with Crippen LogP contribution in [0, 0.1) is 5.41 Å². The Morgan fingerprint density at radius 2 is 2.14 bits per heavy atom. The first-order valence-corrected chi connectivity index (χ1v) is 10.9. The van der Waals surface area contributed by atoms with Crippen molar-refractivity contribution in [2.24, 2.45) is 5.41 Å². The van der Waals surface area contributed by atoms with E-state index in [-0.39, 0.29) is 11.4 Å². The van der Waals surface area contributed by atoms with E-state index in [2.05, 4.69) is 40.7 Å². The third kappa shape index (κ3) is 2.67. The van der Waals surface area contributed by atoms with Crippen molar-refractivity contribution in [3.8, 4) is 5.75 Å². The Labute approximate surface area is 172 Å². The van der Waals surface area contributed by atoms with E-state index in [9.17, 15) is 4.79 Å². The van der Waals surface area contributed by atoms with Crippen LogP contribution in [0.5, 0.6) is 5.75 Å². The molecule has 0 saturated carbocycles. The number of carbonyl (C=O) groups excluding carboxylic acids is 1. The number of hydrogen-bond acceptors (Lipinski definition) is 4. The number of ether oxygens (including phenoxy) is 2. The average molecular weight is 395 g/mol. The van der Waals surface area contributed by atoms with E-state index in [1.54, 1.807) is 7.11 Å². The minimum atomic E-state index is -0.147. The predicted molar refractivity (Wildman–Crippen MR) is 114 cm³/mol. The minimum Gasteiger partial charge on any atom is -0.497 e. The van der Waals surface area contributed by atoms with E-state index < -0.39 is 0 Å². The fraction of sp³-hybridized carbons (Fsp3) is 0.542. The van der Waals surface area contributed by atoms with Crippen molar-refractivity contribution >= 4 is 22.6 Å². The Kier molecular flexibility index (Phi) is 4.46. The zero-order chi connectivity index (χ0) is 20.2. The van der Waals surface area contributed by atoms with Crippen LogP contribution in [0.4, 0.5) is 0 Å². The van der Waals surface area contributed by atoms with Gasteiger partial charge in [0.2, 0.25) is 0 Å². The summed E-state index contributed by atoms with van der Waals surface area (Å²) in [5.41, 5.74) is 5.29. The quantitative estimate of drug-likeness (QED) is 0.698. The molecule has 3 aliphatic rings. The zero-order valence-corrected chi connectivity index (χ0v) is 17.7. The van der Waals surface area contributed by atoms with Crippen LogP contribution < -0.4 is 4.74 Å². The maximum atomic E-state index is 11.9. The Hall–Kier alpha value is -2.27. The van der Waals surface area contributed by atoms with Crippen molar-refractivity contribution < 1.29 is 14.3 Å². The highest BCUT2D eigenvalue weighted by molar-refractivity contribution is 5.91. The number of carbonyl (C=O) groups is 1. The summed E-state index contributed by atoms with van der Waals surface area (Å²) in [6.45, 7) is 6.78. The molecule has 154 valence electrons. The Bertz CT molecular complexity index is 1010. The van der Waals surface area contributed by atoms with Crippen molar-refractivity contribution in [3.05, 3.63) is 35.5 Å². The molecule has 0 aliphatic carbocycles. The molecule has 0 N–H and O–H groups in total. The zero-order valence-electron chi connectivity index (χ0n) is 17.7. The molecule has 0 unspecified atom stereocenters. The molecular weight excluding hydrogens is 364 g/mol. The maximum absolute atomic E-state index is 11.9. The smallest absolute Gasteiger partial charge is 0.305 e. The van der Waals surface area contributed by atoms with E-state index in [1.807, 2.05) is 6.92 Å². The molecule has 1 saturated heterocycles. The van der Waals surface area contributed by atoms with Crippen LogP contribution in [0.1, 0.15) is 56.8 Å². The third-order valence-electron chi connectivity index (χ3n) is 7.30. The molecule has 1 aromatic heterocycles. The molecule has 1 fully saturated rings. The van der Waals surface area contributed by atoms with Crippen LogP contribution in [0.3, 0.4) is 0 Å². The number of methoxy groups -OCH3 is 1. The highest BCUT2D eigenvalue weighted by Crippen LogP contribution is 2.57. The summed E-state index contributed by atoms with van der Waals surface area (Å²) in [7, 11) is 1.71. The highest BCUT2D eigenvalue weighted by atomic mass is 16.5. The summed E-state index contributed by atoms with van der Waals surface area (Å²) in [5.74, 6) is 0.716. The number of esters is 1. The predicted octanol–water partition coefficient (Wildman–Crippen LogP) is 4.55. The monoisotopic (exact) mass is 394 g/mol. The van der Waals surface area contributed by atoms with Gasteiger partial charge in [-0.25, -0.2) is 0 Å². The van der Waals surface area contributed by atoms with Gasteiger partial charge < -0.3 is 14.0 Å². The molecule has 4 heterocycles. The Morgan fingerprint density at radius 1 is 1.28 bits per heavy atom.